The molecule has 9 heteroatoms. The lowest BCUT2D eigenvalue weighted by atomic mass is 9.95. The fourth-order valence-corrected chi connectivity index (χ4v) is 5.20. The normalized spacial score (nSPS) is 15.3. The highest BCUT2D eigenvalue weighted by molar-refractivity contribution is 7.07. The summed E-state index contributed by atoms with van der Waals surface area (Å²) in [5.41, 5.74) is 3.26. The maximum atomic E-state index is 13.7. The average Bonchev–Trinajstić information content (AvgIpc) is 3.17. The third kappa shape index (κ3) is 4.66. The Morgan fingerprint density at radius 2 is 1.81 bits per heavy atom. The Morgan fingerprint density at radius 3 is 2.42 bits per heavy atom. The van der Waals surface area contributed by atoms with Gasteiger partial charge in [-0.05, 0) is 55.3 Å². The monoisotopic (exact) mass is 507 g/mol. The first-order valence-corrected chi connectivity index (χ1v) is 12.3. The molecule has 8 nitrogen and oxygen atoms in total. The van der Waals surface area contributed by atoms with Crippen LogP contribution in [0.25, 0.3) is 6.08 Å². The molecule has 2 aromatic carbocycles. The largest absolute Gasteiger partial charge is 0.493 e. The highest BCUT2D eigenvalue weighted by Crippen LogP contribution is 2.32. The molecule has 0 N–H and O–H groups in total. The minimum absolute atomic E-state index is 0.228. The number of nitrogens with zero attached hydrogens (tertiary/aromatic N) is 3. The highest BCUT2D eigenvalue weighted by Gasteiger charge is 2.33. The van der Waals surface area contributed by atoms with Gasteiger partial charge in [-0.25, -0.2) is 9.79 Å². The van der Waals surface area contributed by atoms with Gasteiger partial charge in [-0.1, -0.05) is 29.5 Å². The number of methoxy groups -OCH3 is 2. The van der Waals surface area contributed by atoms with E-state index < -0.39 is 12.0 Å². The van der Waals surface area contributed by atoms with E-state index in [1.54, 1.807) is 44.8 Å². The van der Waals surface area contributed by atoms with E-state index in [1.165, 1.54) is 11.3 Å². The molecule has 2 heterocycles. The van der Waals surface area contributed by atoms with Crippen LogP contribution in [0.1, 0.15) is 31.0 Å². The number of thiazole rings is 1. The Labute approximate surface area is 213 Å². The molecule has 0 bridgehead atoms. The van der Waals surface area contributed by atoms with E-state index in [0.29, 0.717) is 32.1 Å². The molecule has 36 heavy (non-hydrogen) atoms. The predicted molar refractivity (Wildman–Crippen MR) is 141 cm³/mol. The van der Waals surface area contributed by atoms with Crippen molar-refractivity contribution < 1.29 is 19.0 Å². The quantitative estimate of drug-likeness (QED) is 0.458. The van der Waals surface area contributed by atoms with E-state index in [2.05, 4.69) is 4.99 Å². The number of hydrogen-bond acceptors (Lipinski definition) is 8. The van der Waals surface area contributed by atoms with Crippen LogP contribution >= 0.6 is 11.3 Å². The van der Waals surface area contributed by atoms with E-state index in [0.717, 1.165) is 16.8 Å². The number of carbonyl (C=O) groups is 1. The van der Waals surface area contributed by atoms with Gasteiger partial charge < -0.3 is 19.1 Å². The first kappa shape index (κ1) is 25.2. The van der Waals surface area contributed by atoms with Gasteiger partial charge in [0.1, 0.15) is 0 Å². The van der Waals surface area contributed by atoms with Gasteiger partial charge in [-0.15, -0.1) is 0 Å². The smallest absolute Gasteiger partial charge is 0.338 e. The standard InChI is InChI=1S/C27H29N3O5S/c1-7-35-26(32)23-16(2)28-27-30(24(23)18-9-11-19(12-10-18)29(3)4)25(31)22(36-27)15-17-8-13-20(33-5)21(14-17)34-6/h8-15,24H,7H2,1-6H3/t24-/m1/s1. The van der Waals surface area contributed by atoms with Gasteiger partial charge in [0.15, 0.2) is 16.3 Å². The van der Waals surface area contributed by atoms with Gasteiger partial charge in [-0.2, -0.15) is 0 Å². The molecule has 0 saturated carbocycles. The van der Waals surface area contributed by atoms with Crippen LogP contribution in [0.15, 0.2) is 63.5 Å². The van der Waals surface area contributed by atoms with Crippen molar-refractivity contribution in [1.29, 1.82) is 0 Å². The second-order valence-electron chi connectivity index (χ2n) is 8.40. The van der Waals surface area contributed by atoms with Crippen LogP contribution in [-0.4, -0.2) is 45.5 Å². The molecule has 0 aliphatic carbocycles. The third-order valence-electron chi connectivity index (χ3n) is 5.95. The van der Waals surface area contributed by atoms with E-state index in [1.807, 2.05) is 55.4 Å². The molecule has 1 aliphatic heterocycles. The Morgan fingerprint density at radius 1 is 1.11 bits per heavy atom. The van der Waals surface area contributed by atoms with Gasteiger partial charge in [0, 0.05) is 19.8 Å². The second kappa shape index (κ2) is 10.4. The van der Waals surface area contributed by atoms with E-state index in [4.69, 9.17) is 14.2 Å². The van der Waals surface area contributed by atoms with Gasteiger partial charge >= 0.3 is 5.97 Å². The summed E-state index contributed by atoms with van der Waals surface area (Å²) in [5, 5.41) is 0. The summed E-state index contributed by atoms with van der Waals surface area (Å²) in [7, 11) is 7.06. The molecular weight excluding hydrogens is 478 g/mol. The lowest BCUT2D eigenvalue weighted by Crippen LogP contribution is -2.39. The number of aromatic nitrogens is 1. The number of carbonyl (C=O) groups excluding carboxylic acids is 1. The first-order valence-electron chi connectivity index (χ1n) is 11.5. The highest BCUT2D eigenvalue weighted by atomic mass is 32.1. The molecule has 0 saturated heterocycles. The van der Waals surface area contributed by atoms with Crippen LogP contribution in [0.3, 0.4) is 0 Å². The molecule has 1 aromatic heterocycles. The van der Waals surface area contributed by atoms with Crippen molar-refractivity contribution in [3.05, 3.63) is 84.5 Å². The van der Waals surface area contributed by atoms with Crippen LogP contribution in [0.2, 0.25) is 0 Å². The molecule has 0 fully saturated rings. The van der Waals surface area contributed by atoms with Crippen molar-refractivity contribution >= 4 is 29.1 Å². The van der Waals surface area contributed by atoms with Crippen molar-refractivity contribution in [3.8, 4) is 11.5 Å². The number of fused-ring (bicyclic) bond motifs is 1. The number of rotatable bonds is 7. The molecule has 0 amide bonds. The fourth-order valence-electron chi connectivity index (χ4n) is 4.16. The molecular formula is C27H29N3O5S. The number of ether oxygens (including phenoxy) is 3. The first-order chi connectivity index (χ1) is 17.3. The molecule has 188 valence electrons. The molecule has 1 aliphatic rings. The lowest BCUT2D eigenvalue weighted by Gasteiger charge is -2.25. The summed E-state index contributed by atoms with van der Waals surface area (Å²) in [4.78, 5) is 33.9. The number of anilines is 1. The minimum Gasteiger partial charge on any atom is -0.493 e. The molecule has 0 radical (unpaired) electrons. The SMILES string of the molecule is CCOC(=O)C1=C(C)N=c2sc(=Cc3ccc(OC)c(OC)c3)c(=O)n2[C@@H]1c1ccc(N(C)C)cc1. The zero-order valence-electron chi connectivity index (χ0n) is 21.2. The summed E-state index contributed by atoms with van der Waals surface area (Å²) in [6, 6.07) is 12.6. The Hall–Kier alpha value is -3.85. The molecule has 0 spiro atoms. The van der Waals surface area contributed by atoms with Crippen LogP contribution in [0, 0.1) is 0 Å². The van der Waals surface area contributed by atoms with Crippen LogP contribution in [0.4, 0.5) is 5.69 Å². The van der Waals surface area contributed by atoms with Gasteiger partial charge in [-0.3, -0.25) is 9.36 Å². The molecule has 3 aromatic rings. The van der Waals surface area contributed by atoms with Crippen molar-refractivity contribution in [3.63, 3.8) is 0 Å². The van der Waals surface area contributed by atoms with Crippen molar-refractivity contribution in [2.24, 2.45) is 4.99 Å². The maximum absolute atomic E-state index is 13.7. The third-order valence-corrected chi connectivity index (χ3v) is 6.93. The van der Waals surface area contributed by atoms with Crippen LogP contribution in [0.5, 0.6) is 11.5 Å². The summed E-state index contributed by atoms with van der Waals surface area (Å²) in [5.74, 6) is 0.694. The maximum Gasteiger partial charge on any atom is 0.338 e. The van der Waals surface area contributed by atoms with Crippen molar-refractivity contribution in [1.82, 2.24) is 4.57 Å². The summed E-state index contributed by atoms with van der Waals surface area (Å²) in [6.45, 7) is 3.76. The Kier molecular flexibility index (Phi) is 7.30. The molecule has 0 unspecified atom stereocenters. The van der Waals surface area contributed by atoms with E-state index >= 15 is 0 Å². The van der Waals surface area contributed by atoms with Crippen LogP contribution in [-0.2, 0) is 9.53 Å². The van der Waals surface area contributed by atoms with Gasteiger partial charge in [0.25, 0.3) is 5.56 Å². The number of benzene rings is 2. The van der Waals surface area contributed by atoms with E-state index in [9.17, 15) is 9.59 Å². The molecule has 1 atom stereocenters. The Bertz CT molecular complexity index is 1500. The average molecular weight is 508 g/mol. The van der Waals surface area contributed by atoms with Gasteiger partial charge in [0.2, 0.25) is 0 Å². The number of hydrogen-bond donors (Lipinski definition) is 0. The number of esters is 1. The summed E-state index contributed by atoms with van der Waals surface area (Å²) < 4.78 is 18.2. The zero-order valence-corrected chi connectivity index (χ0v) is 22.0. The summed E-state index contributed by atoms with van der Waals surface area (Å²) in [6.07, 6.45) is 1.79. The van der Waals surface area contributed by atoms with Crippen LogP contribution < -0.4 is 29.3 Å². The Balaban J connectivity index is 1.91. The predicted octanol–water partition coefficient (Wildman–Crippen LogP) is 2.88. The lowest BCUT2D eigenvalue weighted by molar-refractivity contribution is -0.139. The van der Waals surface area contributed by atoms with Crippen molar-refractivity contribution in [2.45, 2.75) is 19.9 Å². The van der Waals surface area contributed by atoms with Gasteiger partial charge in [0.05, 0.1) is 42.7 Å². The number of allylic oxidation sites excluding steroid dienone is 1. The van der Waals surface area contributed by atoms with E-state index in [-0.39, 0.29) is 12.2 Å². The zero-order chi connectivity index (χ0) is 26.0. The van der Waals surface area contributed by atoms with Crippen molar-refractivity contribution in [2.75, 3.05) is 39.8 Å². The molecule has 4 rings (SSSR count). The topological polar surface area (TPSA) is 82.4 Å². The minimum atomic E-state index is -0.649. The second-order valence-corrected chi connectivity index (χ2v) is 9.41. The fraction of sp³-hybridized carbons (Fsp3) is 0.296. The summed E-state index contributed by atoms with van der Waals surface area (Å²) >= 11 is 1.28.